The minimum atomic E-state index is -0.661. The van der Waals surface area contributed by atoms with Crippen LogP contribution in [0, 0.1) is 25.7 Å². The van der Waals surface area contributed by atoms with E-state index in [1.165, 1.54) is 12.8 Å². The largest absolute Gasteiger partial charge is 0.481 e. The quantitative estimate of drug-likeness (QED) is 0.907. The van der Waals surface area contributed by atoms with Gasteiger partial charge in [0.1, 0.15) is 0 Å². The number of nitrogens with zero attached hydrogens (tertiary/aromatic N) is 2. The number of carboxylic acids is 1. The molecule has 4 heteroatoms. The number of aliphatic carboxylic acids is 1. The van der Waals surface area contributed by atoms with Crippen LogP contribution in [0.25, 0.3) is 0 Å². The second-order valence-electron chi connectivity index (χ2n) is 5.80. The van der Waals surface area contributed by atoms with Crippen LogP contribution in [0.5, 0.6) is 0 Å². The van der Waals surface area contributed by atoms with Crippen LogP contribution in [0.3, 0.4) is 0 Å². The number of aromatic nitrogens is 2. The molecule has 1 aromatic rings. The molecule has 106 valence electrons. The molecule has 0 aliphatic heterocycles. The Morgan fingerprint density at radius 1 is 1.47 bits per heavy atom. The average Bonchev–Trinajstić information content (AvgIpc) is 2.70. The molecule has 0 bridgehead atoms. The van der Waals surface area contributed by atoms with E-state index in [-0.39, 0.29) is 12.0 Å². The summed E-state index contributed by atoms with van der Waals surface area (Å²) in [5.41, 5.74) is 2.11. The summed E-state index contributed by atoms with van der Waals surface area (Å²) >= 11 is 0. The molecular weight excluding hydrogens is 240 g/mol. The highest BCUT2D eigenvalue weighted by Gasteiger charge is 2.36. The van der Waals surface area contributed by atoms with Crippen LogP contribution >= 0.6 is 0 Å². The second kappa shape index (κ2) is 5.76. The molecule has 0 aromatic carbocycles. The fraction of sp³-hybridized carbons (Fsp3) is 0.733. The Hall–Kier alpha value is -1.32. The van der Waals surface area contributed by atoms with Crippen LogP contribution in [0.2, 0.25) is 0 Å². The molecule has 0 spiro atoms. The van der Waals surface area contributed by atoms with Gasteiger partial charge in [0.05, 0.1) is 17.9 Å². The van der Waals surface area contributed by atoms with E-state index in [1.54, 1.807) is 0 Å². The monoisotopic (exact) mass is 264 g/mol. The van der Waals surface area contributed by atoms with Gasteiger partial charge in [0.2, 0.25) is 0 Å². The molecule has 1 aromatic heterocycles. The summed E-state index contributed by atoms with van der Waals surface area (Å²) in [6.45, 7) is 6.21. The van der Waals surface area contributed by atoms with Crippen molar-refractivity contribution < 1.29 is 9.90 Å². The van der Waals surface area contributed by atoms with Crippen molar-refractivity contribution in [2.75, 3.05) is 0 Å². The van der Waals surface area contributed by atoms with E-state index in [0.29, 0.717) is 5.92 Å². The minimum absolute atomic E-state index is 0.0731. The topological polar surface area (TPSA) is 55.1 Å². The van der Waals surface area contributed by atoms with Crippen LogP contribution in [-0.2, 0) is 4.79 Å². The van der Waals surface area contributed by atoms with Crippen LogP contribution < -0.4 is 0 Å². The fourth-order valence-electron chi connectivity index (χ4n) is 3.35. The van der Waals surface area contributed by atoms with Crippen molar-refractivity contribution >= 4 is 5.97 Å². The number of hydrogen-bond donors (Lipinski definition) is 1. The van der Waals surface area contributed by atoms with Gasteiger partial charge in [-0.2, -0.15) is 0 Å². The lowest BCUT2D eigenvalue weighted by Crippen LogP contribution is -2.33. The number of carbonyl (C=O) groups is 1. The lowest BCUT2D eigenvalue weighted by molar-refractivity contribution is -0.145. The van der Waals surface area contributed by atoms with Crippen LogP contribution in [0.4, 0.5) is 0 Å². The predicted octanol–water partition coefficient (Wildman–Crippen LogP) is 3.34. The Morgan fingerprint density at radius 2 is 2.21 bits per heavy atom. The van der Waals surface area contributed by atoms with Crippen LogP contribution in [-0.4, -0.2) is 20.6 Å². The summed E-state index contributed by atoms with van der Waals surface area (Å²) in [5, 5.41) is 9.45. The van der Waals surface area contributed by atoms with E-state index in [4.69, 9.17) is 0 Å². The lowest BCUT2D eigenvalue weighted by Gasteiger charge is -2.35. The summed E-state index contributed by atoms with van der Waals surface area (Å²) in [5.74, 6) is -0.265. The Kier molecular flexibility index (Phi) is 4.27. The van der Waals surface area contributed by atoms with Gasteiger partial charge in [0.25, 0.3) is 0 Å². The van der Waals surface area contributed by atoms with Gasteiger partial charge >= 0.3 is 5.97 Å². The number of carboxylic acid groups (broad SMARTS) is 1. The first kappa shape index (κ1) is 14.1. The predicted molar refractivity (Wildman–Crippen MR) is 74.1 cm³/mol. The number of hydrogen-bond acceptors (Lipinski definition) is 2. The number of imidazole rings is 1. The Labute approximate surface area is 114 Å². The zero-order valence-corrected chi connectivity index (χ0v) is 12.1. The molecule has 1 N–H and O–H groups in total. The molecule has 0 radical (unpaired) electrons. The molecule has 1 fully saturated rings. The van der Waals surface area contributed by atoms with Crippen molar-refractivity contribution in [3.05, 3.63) is 17.7 Å². The van der Waals surface area contributed by atoms with E-state index < -0.39 is 5.97 Å². The van der Waals surface area contributed by atoms with Crippen molar-refractivity contribution in [2.45, 2.75) is 58.9 Å². The summed E-state index contributed by atoms with van der Waals surface area (Å²) in [4.78, 5) is 15.8. The van der Waals surface area contributed by atoms with Gasteiger partial charge in [-0.3, -0.25) is 4.79 Å². The molecule has 4 nitrogen and oxygen atoms in total. The highest BCUT2D eigenvalue weighted by Crippen LogP contribution is 2.40. The Bertz CT molecular complexity index is 453. The standard InChI is InChI=1S/C15H24N2O2/c1-4-5-12-6-7-13(15(18)19)14(8-12)17-9-16-10(2)11(17)3/h9,12-14H,4-8H2,1-3H3,(H,18,19). The van der Waals surface area contributed by atoms with Gasteiger partial charge in [-0.25, -0.2) is 4.98 Å². The molecule has 0 saturated heterocycles. The molecule has 3 unspecified atom stereocenters. The Morgan fingerprint density at radius 3 is 2.74 bits per heavy atom. The van der Waals surface area contributed by atoms with Gasteiger partial charge in [-0.05, 0) is 39.0 Å². The smallest absolute Gasteiger partial charge is 0.308 e. The molecule has 19 heavy (non-hydrogen) atoms. The molecule has 0 amide bonds. The third-order valence-electron chi connectivity index (χ3n) is 4.58. The van der Waals surface area contributed by atoms with Gasteiger partial charge in [0.15, 0.2) is 0 Å². The first-order chi connectivity index (χ1) is 9.04. The van der Waals surface area contributed by atoms with Gasteiger partial charge in [-0.15, -0.1) is 0 Å². The summed E-state index contributed by atoms with van der Waals surface area (Å²) in [6.07, 6.45) is 7.02. The first-order valence-corrected chi connectivity index (χ1v) is 7.27. The van der Waals surface area contributed by atoms with Gasteiger partial charge in [-0.1, -0.05) is 19.8 Å². The number of rotatable bonds is 4. The highest BCUT2D eigenvalue weighted by atomic mass is 16.4. The third kappa shape index (κ3) is 2.82. The first-order valence-electron chi connectivity index (χ1n) is 7.27. The second-order valence-corrected chi connectivity index (χ2v) is 5.80. The third-order valence-corrected chi connectivity index (χ3v) is 4.58. The SMILES string of the molecule is CCCC1CCC(C(=O)O)C(n2cnc(C)c2C)C1. The highest BCUT2D eigenvalue weighted by molar-refractivity contribution is 5.70. The Balaban J connectivity index is 2.25. The minimum Gasteiger partial charge on any atom is -0.481 e. The maximum absolute atomic E-state index is 11.5. The summed E-state index contributed by atoms with van der Waals surface area (Å²) < 4.78 is 2.09. The molecule has 1 heterocycles. The van der Waals surface area contributed by atoms with E-state index in [1.807, 2.05) is 20.2 Å². The van der Waals surface area contributed by atoms with Crippen LogP contribution in [0.15, 0.2) is 6.33 Å². The lowest BCUT2D eigenvalue weighted by atomic mass is 9.76. The van der Waals surface area contributed by atoms with Gasteiger partial charge < -0.3 is 9.67 Å². The maximum Gasteiger partial charge on any atom is 0.308 e. The van der Waals surface area contributed by atoms with Crippen molar-refractivity contribution in [2.24, 2.45) is 11.8 Å². The molecule has 1 saturated carbocycles. The molecular formula is C15H24N2O2. The van der Waals surface area contributed by atoms with Crippen molar-refractivity contribution in [3.63, 3.8) is 0 Å². The molecule has 2 rings (SSSR count). The van der Waals surface area contributed by atoms with E-state index in [2.05, 4.69) is 16.5 Å². The van der Waals surface area contributed by atoms with E-state index in [0.717, 1.165) is 30.7 Å². The zero-order chi connectivity index (χ0) is 14.0. The van der Waals surface area contributed by atoms with Crippen molar-refractivity contribution in [1.82, 2.24) is 9.55 Å². The maximum atomic E-state index is 11.5. The summed E-state index contributed by atoms with van der Waals surface area (Å²) in [7, 11) is 0. The molecule has 1 aliphatic rings. The molecule has 3 atom stereocenters. The van der Waals surface area contributed by atoms with Gasteiger partial charge in [0, 0.05) is 11.7 Å². The molecule has 1 aliphatic carbocycles. The van der Waals surface area contributed by atoms with Crippen molar-refractivity contribution in [1.29, 1.82) is 0 Å². The van der Waals surface area contributed by atoms with E-state index in [9.17, 15) is 9.90 Å². The van der Waals surface area contributed by atoms with Crippen LogP contribution in [0.1, 0.15) is 56.5 Å². The zero-order valence-electron chi connectivity index (χ0n) is 12.1. The average molecular weight is 264 g/mol. The summed E-state index contributed by atoms with van der Waals surface area (Å²) in [6, 6.07) is 0.0731. The fourth-order valence-corrected chi connectivity index (χ4v) is 3.35. The number of aryl methyl sites for hydroxylation is 1. The normalized spacial score (nSPS) is 27.4. The van der Waals surface area contributed by atoms with Crippen molar-refractivity contribution in [3.8, 4) is 0 Å². The van der Waals surface area contributed by atoms with E-state index >= 15 is 0 Å².